The second-order valence-corrected chi connectivity index (χ2v) is 6.32. The standard InChI is InChI=1S/C18H23ClN4O2/c1-12-9-15(17(25-4)11-14(12)19)22-13-5-6-20-16(10-13)18(24)21-7-8-23(2)3/h5-6,9-11H,7-8H2,1-4H3,(H,20,22)(H,21,24). The van der Waals surface area contributed by atoms with Gasteiger partial charge in [-0.05, 0) is 44.8 Å². The van der Waals surface area contributed by atoms with E-state index in [0.717, 1.165) is 23.5 Å². The minimum atomic E-state index is -0.204. The number of hydrogen-bond donors (Lipinski definition) is 2. The second-order valence-electron chi connectivity index (χ2n) is 5.92. The van der Waals surface area contributed by atoms with Crippen molar-refractivity contribution in [2.24, 2.45) is 0 Å². The number of rotatable bonds is 7. The van der Waals surface area contributed by atoms with Gasteiger partial charge in [0.15, 0.2) is 0 Å². The first kappa shape index (κ1) is 19.0. The van der Waals surface area contributed by atoms with Crippen LogP contribution < -0.4 is 15.4 Å². The van der Waals surface area contributed by atoms with Crippen LogP contribution >= 0.6 is 11.6 Å². The van der Waals surface area contributed by atoms with Gasteiger partial charge in [-0.2, -0.15) is 0 Å². The van der Waals surface area contributed by atoms with Gasteiger partial charge in [-0.3, -0.25) is 9.78 Å². The van der Waals surface area contributed by atoms with Gasteiger partial charge < -0.3 is 20.3 Å². The number of amides is 1. The van der Waals surface area contributed by atoms with E-state index in [1.807, 2.05) is 32.0 Å². The van der Waals surface area contributed by atoms with Crippen molar-refractivity contribution in [1.29, 1.82) is 0 Å². The van der Waals surface area contributed by atoms with Gasteiger partial charge in [0.2, 0.25) is 0 Å². The zero-order chi connectivity index (χ0) is 18.4. The molecule has 1 amide bonds. The van der Waals surface area contributed by atoms with Gasteiger partial charge in [-0.25, -0.2) is 0 Å². The molecule has 0 atom stereocenters. The van der Waals surface area contributed by atoms with Gasteiger partial charge >= 0.3 is 0 Å². The van der Waals surface area contributed by atoms with Crippen LogP contribution in [0.1, 0.15) is 16.1 Å². The van der Waals surface area contributed by atoms with E-state index in [9.17, 15) is 4.79 Å². The lowest BCUT2D eigenvalue weighted by Crippen LogP contribution is -2.31. The lowest BCUT2D eigenvalue weighted by Gasteiger charge is -2.14. The van der Waals surface area contributed by atoms with Crippen molar-refractivity contribution in [3.8, 4) is 5.75 Å². The molecule has 2 N–H and O–H groups in total. The first-order chi connectivity index (χ1) is 11.9. The first-order valence-electron chi connectivity index (χ1n) is 7.91. The maximum Gasteiger partial charge on any atom is 0.269 e. The number of carbonyl (C=O) groups excluding carboxylic acids is 1. The van der Waals surface area contributed by atoms with E-state index in [1.165, 1.54) is 0 Å². The SMILES string of the molecule is COc1cc(Cl)c(C)cc1Nc1ccnc(C(=O)NCCN(C)C)c1. The number of aromatic nitrogens is 1. The number of benzene rings is 1. The molecule has 0 radical (unpaired) electrons. The van der Waals surface area contributed by atoms with Crippen LogP contribution in [-0.2, 0) is 0 Å². The van der Waals surface area contributed by atoms with Gasteiger partial charge in [0, 0.05) is 36.1 Å². The number of anilines is 2. The average Bonchev–Trinajstić information content (AvgIpc) is 2.57. The minimum absolute atomic E-state index is 0.204. The van der Waals surface area contributed by atoms with E-state index in [0.29, 0.717) is 23.0 Å². The monoisotopic (exact) mass is 362 g/mol. The van der Waals surface area contributed by atoms with Crippen LogP contribution in [0.2, 0.25) is 5.02 Å². The maximum absolute atomic E-state index is 12.2. The van der Waals surface area contributed by atoms with Gasteiger partial charge in [-0.15, -0.1) is 0 Å². The van der Waals surface area contributed by atoms with Crippen LogP contribution in [0.15, 0.2) is 30.5 Å². The smallest absolute Gasteiger partial charge is 0.269 e. The molecule has 0 saturated heterocycles. The summed E-state index contributed by atoms with van der Waals surface area (Å²) < 4.78 is 5.36. The van der Waals surface area contributed by atoms with Gasteiger partial charge in [0.05, 0.1) is 12.8 Å². The van der Waals surface area contributed by atoms with Gasteiger partial charge in [-0.1, -0.05) is 11.6 Å². The Morgan fingerprint density at radius 1 is 1.32 bits per heavy atom. The van der Waals surface area contributed by atoms with Crippen LogP contribution in [0.5, 0.6) is 5.75 Å². The molecule has 1 aromatic heterocycles. The van der Waals surface area contributed by atoms with Gasteiger partial charge in [0.25, 0.3) is 5.91 Å². The largest absolute Gasteiger partial charge is 0.495 e. The van der Waals surface area contributed by atoms with E-state index < -0.39 is 0 Å². The van der Waals surface area contributed by atoms with Crippen molar-refractivity contribution in [2.75, 3.05) is 39.6 Å². The Balaban J connectivity index is 2.14. The molecule has 1 heterocycles. The lowest BCUT2D eigenvalue weighted by atomic mass is 10.2. The summed E-state index contributed by atoms with van der Waals surface area (Å²) >= 11 is 6.13. The Hall–Kier alpha value is -2.31. The normalized spacial score (nSPS) is 10.6. The summed E-state index contributed by atoms with van der Waals surface area (Å²) in [6, 6.07) is 7.15. The van der Waals surface area contributed by atoms with Crippen molar-refractivity contribution in [1.82, 2.24) is 15.2 Å². The number of likely N-dealkylation sites (N-methyl/N-ethyl adjacent to an activating group) is 1. The third-order valence-electron chi connectivity index (χ3n) is 3.60. The van der Waals surface area contributed by atoms with Crippen molar-refractivity contribution >= 4 is 28.9 Å². The molecule has 6 nitrogen and oxygen atoms in total. The summed E-state index contributed by atoms with van der Waals surface area (Å²) in [5.41, 5.74) is 2.80. The fraction of sp³-hybridized carbons (Fsp3) is 0.333. The molecule has 0 spiro atoms. The number of ether oxygens (including phenoxy) is 1. The predicted molar refractivity (Wildman–Crippen MR) is 101 cm³/mol. The first-order valence-corrected chi connectivity index (χ1v) is 8.28. The summed E-state index contributed by atoms with van der Waals surface area (Å²) in [6.07, 6.45) is 1.60. The van der Waals surface area contributed by atoms with E-state index in [1.54, 1.807) is 31.5 Å². The number of nitrogens with zero attached hydrogens (tertiary/aromatic N) is 2. The molecule has 0 saturated carbocycles. The fourth-order valence-electron chi connectivity index (χ4n) is 2.20. The Kier molecular flexibility index (Phi) is 6.61. The minimum Gasteiger partial charge on any atom is -0.495 e. The number of hydrogen-bond acceptors (Lipinski definition) is 5. The third-order valence-corrected chi connectivity index (χ3v) is 4.00. The number of methoxy groups -OCH3 is 1. The number of pyridine rings is 1. The number of aryl methyl sites for hydroxylation is 1. The zero-order valence-electron chi connectivity index (χ0n) is 14.9. The molecule has 0 unspecified atom stereocenters. The molecule has 0 bridgehead atoms. The molecule has 25 heavy (non-hydrogen) atoms. The highest BCUT2D eigenvalue weighted by Gasteiger charge is 2.10. The van der Waals surface area contributed by atoms with Crippen LogP contribution in [0.4, 0.5) is 11.4 Å². The van der Waals surface area contributed by atoms with E-state index in [2.05, 4.69) is 15.6 Å². The van der Waals surface area contributed by atoms with Crippen LogP contribution in [0.3, 0.4) is 0 Å². The molecule has 2 rings (SSSR count). The summed E-state index contributed by atoms with van der Waals surface area (Å²) in [5, 5.41) is 6.73. The number of carbonyl (C=O) groups is 1. The maximum atomic E-state index is 12.2. The summed E-state index contributed by atoms with van der Waals surface area (Å²) in [6.45, 7) is 3.25. The van der Waals surface area contributed by atoms with E-state index >= 15 is 0 Å². The number of nitrogens with one attached hydrogen (secondary N) is 2. The molecular formula is C18H23ClN4O2. The number of halogens is 1. The Labute approximate surface area is 153 Å². The van der Waals surface area contributed by atoms with Crippen molar-refractivity contribution < 1.29 is 9.53 Å². The highest BCUT2D eigenvalue weighted by atomic mass is 35.5. The summed E-state index contributed by atoms with van der Waals surface area (Å²) in [5.74, 6) is 0.425. The van der Waals surface area contributed by atoms with Crippen LogP contribution in [-0.4, -0.2) is 50.1 Å². The summed E-state index contributed by atoms with van der Waals surface area (Å²) in [4.78, 5) is 18.3. The average molecular weight is 363 g/mol. The topological polar surface area (TPSA) is 66.5 Å². The van der Waals surface area contributed by atoms with Gasteiger partial charge in [0.1, 0.15) is 11.4 Å². The third kappa shape index (κ3) is 5.34. The molecule has 0 fully saturated rings. The fourth-order valence-corrected chi connectivity index (χ4v) is 2.36. The van der Waals surface area contributed by atoms with E-state index in [-0.39, 0.29) is 5.91 Å². The zero-order valence-corrected chi connectivity index (χ0v) is 15.6. The van der Waals surface area contributed by atoms with Crippen molar-refractivity contribution in [2.45, 2.75) is 6.92 Å². The molecule has 1 aromatic carbocycles. The Morgan fingerprint density at radius 2 is 2.08 bits per heavy atom. The Morgan fingerprint density at radius 3 is 2.76 bits per heavy atom. The molecular weight excluding hydrogens is 340 g/mol. The molecule has 0 aliphatic rings. The predicted octanol–water partition coefficient (Wildman–Crippen LogP) is 3.09. The molecule has 7 heteroatoms. The van der Waals surface area contributed by atoms with Crippen molar-refractivity contribution in [3.05, 3.63) is 46.7 Å². The Bertz CT molecular complexity index is 750. The molecule has 134 valence electrons. The van der Waals surface area contributed by atoms with Crippen LogP contribution in [0, 0.1) is 6.92 Å². The summed E-state index contributed by atoms with van der Waals surface area (Å²) in [7, 11) is 5.50. The quantitative estimate of drug-likeness (QED) is 0.792. The van der Waals surface area contributed by atoms with E-state index in [4.69, 9.17) is 16.3 Å². The lowest BCUT2D eigenvalue weighted by molar-refractivity contribution is 0.0946. The molecule has 0 aliphatic carbocycles. The molecule has 2 aromatic rings. The highest BCUT2D eigenvalue weighted by Crippen LogP contribution is 2.33. The highest BCUT2D eigenvalue weighted by molar-refractivity contribution is 6.31. The van der Waals surface area contributed by atoms with Crippen molar-refractivity contribution in [3.63, 3.8) is 0 Å². The van der Waals surface area contributed by atoms with Crippen LogP contribution in [0.25, 0.3) is 0 Å². The molecule has 0 aliphatic heterocycles. The second kappa shape index (κ2) is 8.69.